The molecule has 0 aromatic heterocycles. The van der Waals surface area contributed by atoms with E-state index in [9.17, 15) is 27.8 Å². The summed E-state index contributed by atoms with van der Waals surface area (Å²) in [5.74, 6) is -1.58. The third kappa shape index (κ3) is 4.58. The zero-order valence-corrected chi connectivity index (χ0v) is 20.6. The monoisotopic (exact) mass is 516 g/mol. The van der Waals surface area contributed by atoms with Crippen LogP contribution in [0.1, 0.15) is 47.2 Å². The molecule has 1 aliphatic carbocycles. The number of carbonyl (C=O) groups is 2. The van der Waals surface area contributed by atoms with E-state index in [4.69, 9.17) is 4.74 Å². The Morgan fingerprint density at radius 3 is 2.78 bits per heavy atom. The van der Waals surface area contributed by atoms with Crippen molar-refractivity contribution in [3.05, 3.63) is 52.8 Å². The normalized spacial score (nSPS) is 23.2. The third-order valence-electron chi connectivity index (χ3n) is 7.32. The number of anilines is 2. The molecule has 2 fully saturated rings. The number of rotatable bonds is 8. The Morgan fingerprint density at radius 2 is 2.08 bits per heavy atom. The van der Waals surface area contributed by atoms with Crippen LogP contribution in [0, 0.1) is 17.7 Å². The lowest BCUT2D eigenvalue weighted by atomic mass is 9.99. The molecule has 2 aromatic carbocycles. The molecule has 4 atom stereocenters. The van der Waals surface area contributed by atoms with Gasteiger partial charge in [-0.3, -0.25) is 13.3 Å². The van der Waals surface area contributed by atoms with Gasteiger partial charge in [0.15, 0.2) is 0 Å². The first-order chi connectivity index (χ1) is 17.3. The van der Waals surface area contributed by atoms with Crippen LogP contribution in [0.2, 0.25) is 0 Å². The molecule has 36 heavy (non-hydrogen) atoms. The smallest absolute Gasteiger partial charge is 0.341 e. The lowest BCUT2D eigenvalue weighted by molar-refractivity contribution is -0.124. The van der Waals surface area contributed by atoms with Crippen molar-refractivity contribution in [1.29, 1.82) is 0 Å². The van der Waals surface area contributed by atoms with Crippen LogP contribution in [0.5, 0.6) is 5.75 Å². The SMILES string of the molecule is CCN1CC[C@H](C(=O)NCc2cc(F)ccc2N(c2ccc3c(c2C(=O)O)OC[C@@H]2C[C@H]32)S(=O)[O-])C1. The molecule has 0 radical (unpaired) electrons. The van der Waals surface area contributed by atoms with Gasteiger partial charge in [-0.25, -0.2) is 9.18 Å². The Balaban J connectivity index is 1.48. The van der Waals surface area contributed by atoms with E-state index >= 15 is 0 Å². The Hall–Kier alpha value is -3.02. The van der Waals surface area contributed by atoms with Gasteiger partial charge in [-0.1, -0.05) is 13.0 Å². The molecule has 2 aliphatic heterocycles. The Morgan fingerprint density at radius 1 is 1.31 bits per heavy atom. The number of carboxylic acids is 1. The lowest BCUT2D eigenvalue weighted by Gasteiger charge is -2.31. The van der Waals surface area contributed by atoms with E-state index in [1.165, 1.54) is 12.1 Å². The van der Waals surface area contributed by atoms with E-state index in [1.807, 2.05) is 6.92 Å². The van der Waals surface area contributed by atoms with Crippen LogP contribution in [-0.4, -0.2) is 56.9 Å². The molecule has 11 heteroatoms. The number of hydrogen-bond donors (Lipinski definition) is 2. The summed E-state index contributed by atoms with van der Waals surface area (Å²) in [6, 6.07) is 6.66. The third-order valence-corrected chi connectivity index (χ3v) is 8.01. The number of carbonyl (C=O) groups excluding carboxylic acids is 1. The number of likely N-dealkylation sites (tertiary alicyclic amines) is 1. The van der Waals surface area contributed by atoms with E-state index in [0.29, 0.717) is 25.5 Å². The predicted molar refractivity (Wildman–Crippen MR) is 129 cm³/mol. The van der Waals surface area contributed by atoms with E-state index in [1.54, 1.807) is 6.07 Å². The molecule has 1 unspecified atom stereocenters. The number of hydrogen-bond acceptors (Lipinski definition) is 6. The summed E-state index contributed by atoms with van der Waals surface area (Å²) >= 11 is -2.95. The highest BCUT2D eigenvalue weighted by Gasteiger charge is 2.45. The maximum absolute atomic E-state index is 14.2. The molecule has 1 amide bonds. The molecule has 0 bridgehead atoms. The molecule has 2 aromatic rings. The lowest BCUT2D eigenvalue weighted by Crippen LogP contribution is -2.33. The van der Waals surface area contributed by atoms with Crippen molar-refractivity contribution in [1.82, 2.24) is 10.2 Å². The van der Waals surface area contributed by atoms with E-state index in [-0.39, 0.29) is 52.5 Å². The second-order valence-electron chi connectivity index (χ2n) is 9.48. The highest BCUT2D eigenvalue weighted by Crippen LogP contribution is 2.56. The van der Waals surface area contributed by atoms with E-state index in [0.717, 1.165) is 41.5 Å². The van der Waals surface area contributed by atoms with Gasteiger partial charge in [0.05, 0.1) is 35.2 Å². The van der Waals surface area contributed by atoms with Crippen LogP contribution in [0.4, 0.5) is 15.8 Å². The number of halogens is 1. The van der Waals surface area contributed by atoms with Crippen molar-refractivity contribution in [3.63, 3.8) is 0 Å². The minimum atomic E-state index is -2.95. The van der Waals surface area contributed by atoms with Crippen molar-refractivity contribution in [2.45, 2.75) is 32.2 Å². The number of carboxylic acid groups (broad SMARTS) is 1. The highest BCUT2D eigenvalue weighted by atomic mass is 32.2. The maximum atomic E-state index is 14.2. The first-order valence-electron chi connectivity index (χ1n) is 12.0. The molecule has 3 aliphatic rings. The largest absolute Gasteiger partial charge is 0.755 e. The van der Waals surface area contributed by atoms with Crippen molar-refractivity contribution in [3.8, 4) is 5.75 Å². The minimum absolute atomic E-state index is 0.0502. The standard InChI is InChI=1S/C25H28FN3O6S/c1-2-28-8-7-14(12-28)24(30)27-11-15-9-17(26)3-5-20(15)29(36(33)34)21-6-4-18-19-10-16(19)13-35-23(18)22(21)25(31)32/h3-6,9,14,16,19H,2,7-8,10-13H2,1H3,(H,27,30)(H,31,32)(H,33,34)/p-1/t14-,16-,19-/m0/s1. The van der Waals surface area contributed by atoms with Gasteiger partial charge in [-0.15, -0.1) is 0 Å². The Kier molecular flexibility index (Phi) is 6.71. The van der Waals surface area contributed by atoms with Crippen molar-refractivity contribution < 1.29 is 32.6 Å². The highest BCUT2D eigenvalue weighted by molar-refractivity contribution is 7.81. The average Bonchev–Trinajstić information content (AvgIpc) is 3.49. The van der Waals surface area contributed by atoms with Gasteiger partial charge < -0.3 is 24.6 Å². The average molecular weight is 517 g/mol. The summed E-state index contributed by atoms with van der Waals surface area (Å²) < 4.78 is 45.7. The fourth-order valence-corrected chi connectivity index (χ4v) is 5.91. The quantitative estimate of drug-likeness (QED) is 0.518. The summed E-state index contributed by atoms with van der Waals surface area (Å²) in [4.78, 5) is 27.2. The van der Waals surface area contributed by atoms with Crippen LogP contribution >= 0.6 is 0 Å². The van der Waals surface area contributed by atoms with Gasteiger partial charge in [0.1, 0.15) is 17.1 Å². The predicted octanol–water partition coefficient (Wildman–Crippen LogP) is 2.91. The van der Waals surface area contributed by atoms with Crippen molar-refractivity contribution in [2.75, 3.05) is 30.5 Å². The summed E-state index contributed by atoms with van der Waals surface area (Å²) in [5.41, 5.74) is 0.645. The molecule has 9 nitrogen and oxygen atoms in total. The zero-order valence-electron chi connectivity index (χ0n) is 19.7. The zero-order chi connectivity index (χ0) is 25.6. The number of ether oxygens (including phenoxy) is 1. The molecule has 2 N–H and O–H groups in total. The van der Waals surface area contributed by atoms with Gasteiger partial charge in [0.25, 0.3) is 0 Å². The second kappa shape index (κ2) is 9.79. The van der Waals surface area contributed by atoms with Crippen LogP contribution < -0.4 is 14.4 Å². The number of nitrogens with zero attached hydrogens (tertiary/aromatic N) is 2. The maximum Gasteiger partial charge on any atom is 0.341 e. The fraction of sp³-hybridized carbons (Fsp3) is 0.440. The minimum Gasteiger partial charge on any atom is -0.755 e. The van der Waals surface area contributed by atoms with Gasteiger partial charge in [0.2, 0.25) is 5.91 Å². The number of fused-ring (bicyclic) bond motifs is 3. The van der Waals surface area contributed by atoms with Gasteiger partial charge in [-0.2, -0.15) is 0 Å². The topological polar surface area (TPSA) is 122 Å². The van der Waals surface area contributed by atoms with Crippen molar-refractivity contribution >= 4 is 34.5 Å². The van der Waals surface area contributed by atoms with Gasteiger partial charge in [-0.05, 0) is 67.2 Å². The molecule has 0 spiro atoms. The molecular formula is C25H27FN3O6S-. The first-order valence-corrected chi connectivity index (χ1v) is 13.0. The van der Waals surface area contributed by atoms with Crippen LogP contribution in [0.3, 0.4) is 0 Å². The number of amides is 1. The molecule has 5 rings (SSSR count). The fourth-order valence-electron chi connectivity index (χ4n) is 5.26. The molecule has 1 saturated heterocycles. The Bertz CT molecular complexity index is 1240. The van der Waals surface area contributed by atoms with E-state index in [2.05, 4.69) is 10.2 Å². The van der Waals surface area contributed by atoms with Crippen LogP contribution in [-0.2, 0) is 22.6 Å². The van der Waals surface area contributed by atoms with Gasteiger partial charge >= 0.3 is 5.97 Å². The Labute approximate surface area is 210 Å². The number of aromatic carboxylic acids is 1. The molecular weight excluding hydrogens is 489 g/mol. The van der Waals surface area contributed by atoms with Gasteiger partial charge in [0, 0.05) is 19.0 Å². The van der Waals surface area contributed by atoms with E-state index < -0.39 is 23.1 Å². The number of nitrogens with one attached hydrogen (secondary N) is 1. The second-order valence-corrected chi connectivity index (χ2v) is 10.3. The molecule has 1 saturated carbocycles. The van der Waals surface area contributed by atoms with Crippen LogP contribution in [0.15, 0.2) is 30.3 Å². The molecule has 192 valence electrons. The summed E-state index contributed by atoms with van der Waals surface area (Å²) in [6.07, 6.45) is 1.62. The number of benzene rings is 2. The summed E-state index contributed by atoms with van der Waals surface area (Å²) in [5, 5.41) is 12.8. The summed E-state index contributed by atoms with van der Waals surface area (Å²) in [6.45, 7) is 4.59. The van der Waals surface area contributed by atoms with Crippen LogP contribution in [0.25, 0.3) is 0 Å². The van der Waals surface area contributed by atoms with Crippen molar-refractivity contribution in [2.24, 2.45) is 11.8 Å². The molecule has 2 heterocycles. The first kappa shape index (κ1) is 24.7. The summed E-state index contributed by atoms with van der Waals surface area (Å²) in [7, 11) is 0.